The summed E-state index contributed by atoms with van der Waals surface area (Å²) < 4.78 is 0. The molecule has 0 aromatic carbocycles. The van der Waals surface area contributed by atoms with Crippen LogP contribution >= 0.6 is 0 Å². The first-order valence-electron chi connectivity index (χ1n) is 0. The minimum Gasteiger partial charge on any atom is -2.00 e. The van der Waals surface area contributed by atoms with E-state index in [1.807, 2.05) is 0 Å². The van der Waals surface area contributed by atoms with Gasteiger partial charge in [-0.25, -0.2) is 0 Å². The van der Waals surface area contributed by atoms with Gasteiger partial charge in [-0.3, -0.25) is 0 Å². The van der Waals surface area contributed by atoms with E-state index in [1.165, 1.54) is 0 Å². The molecule has 0 aromatic heterocycles. The molecule has 10 heavy (non-hydrogen) atoms. The molecular weight excluding hydrogens is 773 g/mol. The number of hydrogen-bond donors (Lipinski definition) is 0. The third-order valence-corrected chi connectivity index (χ3v) is 0. The first-order valence-corrected chi connectivity index (χ1v) is 0. The summed E-state index contributed by atoms with van der Waals surface area (Å²) in [5.41, 5.74) is 0. The molecule has 0 bridgehead atoms. The summed E-state index contributed by atoms with van der Waals surface area (Å²) in [6.07, 6.45) is 0. The summed E-state index contributed by atoms with van der Waals surface area (Å²) in [7, 11) is 0. The number of rotatable bonds is 0. The van der Waals surface area contributed by atoms with Crippen LogP contribution in [0.2, 0.25) is 0 Å². The predicted molar refractivity (Wildman–Crippen MR) is 24.2 cm³/mol. The van der Waals surface area contributed by atoms with E-state index in [9.17, 15) is 0 Å². The van der Waals surface area contributed by atoms with E-state index < -0.39 is 0 Å². The summed E-state index contributed by atoms with van der Waals surface area (Å²) >= 11 is 0. The zero-order chi connectivity index (χ0) is 0. The van der Waals surface area contributed by atoms with E-state index >= 15 is 0 Å². The largest absolute Gasteiger partial charge is 3.00 e. The fraction of sp³-hybridized carbons (Fsp3) is 0. The van der Waals surface area contributed by atoms with Gasteiger partial charge in [0.15, 0.2) is 0 Å². The van der Waals surface area contributed by atoms with Crippen molar-refractivity contribution >= 4 is 40.5 Å². The Kier molecular flexibility index (Phi) is 771. The van der Waals surface area contributed by atoms with E-state index in [4.69, 9.17) is 0 Å². The van der Waals surface area contributed by atoms with Crippen molar-refractivity contribution < 1.29 is 176 Å². The Morgan fingerprint density at radius 2 is 0.300 bits per heavy atom. The zero-order valence-electron chi connectivity index (χ0n) is 3.86. The predicted octanol–water partition coefficient (Wildman–Crippen LogP) is -0.364. The molecular formula is Gd4O3S3. The molecule has 0 rings (SSSR count). The third kappa shape index (κ3) is 64.2. The fourth-order valence-corrected chi connectivity index (χ4v) is 0. The van der Waals surface area contributed by atoms with E-state index in [2.05, 4.69) is 0 Å². The SMILES string of the molecule is [Gd+3].[Gd+3].[Gd+3].[Gd+3].[O-2].[O-2].[O-2].[S-2].[S-2].[S-2]. The average molecular weight is 773 g/mol. The molecule has 0 aromatic rings. The van der Waals surface area contributed by atoms with E-state index in [0.717, 1.165) is 0 Å². The second-order valence-electron chi connectivity index (χ2n) is 0. The van der Waals surface area contributed by atoms with Crippen LogP contribution in [0.25, 0.3) is 0 Å². The molecule has 0 fully saturated rings. The van der Waals surface area contributed by atoms with Gasteiger partial charge in [0.1, 0.15) is 0 Å². The van der Waals surface area contributed by atoms with Crippen LogP contribution in [0.4, 0.5) is 0 Å². The Labute approximate surface area is 210 Å². The van der Waals surface area contributed by atoms with Crippen molar-refractivity contribution in [3.05, 3.63) is 0 Å². The molecule has 0 aliphatic carbocycles. The molecule has 0 spiro atoms. The maximum absolute atomic E-state index is 0. The molecule has 0 heterocycles. The zero-order valence-corrected chi connectivity index (χ0v) is 15.4. The van der Waals surface area contributed by atoms with Crippen molar-refractivity contribution in [3.63, 3.8) is 0 Å². The fourth-order valence-electron chi connectivity index (χ4n) is 0. The molecule has 0 aliphatic heterocycles. The van der Waals surface area contributed by atoms with Gasteiger partial charge in [0.05, 0.1) is 0 Å². The Bertz CT molecular complexity index is 15.7. The molecule has 4 radical (unpaired) electrons. The molecule has 0 unspecified atom stereocenters. The summed E-state index contributed by atoms with van der Waals surface area (Å²) in [5, 5.41) is 0. The third-order valence-electron chi connectivity index (χ3n) is 0. The molecule has 0 saturated carbocycles. The normalized spacial score (nSPS) is 0. The maximum atomic E-state index is 0. The van der Waals surface area contributed by atoms with Crippen LogP contribution in [-0.2, 0) is 56.9 Å². The topological polar surface area (TPSA) is 85.5 Å². The van der Waals surface area contributed by atoms with Gasteiger partial charge >= 0.3 is 160 Å². The van der Waals surface area contributed by atoms with E-state index in [-0.39, 0.29) is 217 Å². The Morgan fingerprint density at radius 1 is 0.300 bits per heavy atom. The van der Waals surface area contributed by atoms with Crippen LogP contribution in [0.1, 0.15) is 0 Å². The summed E-state index contributed by atoms with van der Waals surface area (Å²) in [6.45, 7) is 0. The first-order chi connectivity index (χ1) is 0. The van der Waals surface area contributed by atoms with Gasteiger partial charge < -0.3 is 56.9 Å². The molecule has 0 N–H and O–H groups in total. The van der Waals surface area contributed by atoms with E-state index in [1.54, 1.807) is 0 Å². The van der Waals surface area contributed by atoms with Crippen LogP contribution in [0.5, 0.6) is 0 Å². The van der Waals surface area contributed by atoms with E-state index in [0.29, 0.717) is 0 Å². The summed E-state index contributed by atoms with van der Waals surface area (Å²) in [4.78, 5) is 0. The van der Waals surface area contributed by atoms with Crippen molar-refractivity contribution in [2.75, 3.05) is 0 Å². The maximum Gasteiger partial charge on any atom is 3.00 e. The van der Waals surface area contributed by atoms with Crippen LogP contribution in [0.3, 0.4) is 0 Å². The van der Waals surface area contributed by atoms with Crippen molar-refractivity contribution in [3.8, 4) is 0 Å². The van der Waals surface area contributed by atoms with Crippen LogP contribution < -0.4 is 0 Å². The standard InChI is InChI=1S/4Gd.3O.3S/q4*+3;6*-2. The van der Waals surface area contributed by atoms with Crippen LogP contribution in [0.15, 0.2) is 0 Å². The molecule has 0 saturated heterocycles. The first kappa shape index (κ1) is 97.0. The van der Waals surface area contributed by atoms with Gasteiger partial charge in [0.25, 0.3) is 0 Å². The Hall–Kier alpha value is 6.23. The molecule has 10 heteroatoms. The average Bonchev–Trinajstić information content (AvgIpc) is 0. The van der Waals surface area contributed by atoms with Crippen molar-refractivity contribution in [2.45, 2.75) is 0 Å². The molecule has 0 aliphatic rings. The minimum atomic E-state index is 0. The summed E-state index contributed by atoms with van der Waals surface area (Å²) in [5.74, 6) is 0. The second-order valence-corrected chi connectivity index (χ2v) is 0. The molecule has 3 nitrogen and oxygen atoms in total. The minimum absolute atomic E-state index is 0. The smallest absolute Gasteiger partial charge is 2.00 e. The van der Waals surface area contributed by atoms with Gasteiger partial charge in [0, 0.05) is 0 Å². The summed E-state index contributed by atoms with van der Waals surface area (Å²) in [6, 6.07) is 0. The van der Waals surface area contributed by atoms with Gasteiger partial charge in [-0.1, -0.05) is 0 Å². The second kappa shape index (κ2) is 79.5. The molecule has 68 valence electrons. The monoisotopic (exact) mass is 776 g/mol. The van der Waals surface area contributed by atoms with Gasteiger partial charge in [-0.2, -0.15) is 0 Å². The molecule has 0 atom stereocenters. The Balaban J connectivity index is 0. The Morgan fingerprint density at radius 3 is 0.300 bits per heavy atom. The van der Waals surface area contributed by atoms with Gasteiger partial charge in [0.2, 0.25) is 0 Å². The van der Waals surface area contributed by atoms with Crippen molar-refractivity contribution in [1.29, 1.82) is 0 Å². The van der Waals surface area contributed by atoms with Crippen LogP contribution in [0, 0.1) is 160 Å². The van der Waals surface area contributed by atoms with Gasteiger partial charge in [-0.05, 0) is 0 Å². The van der Waals surface area contributed by atoms with Gasteiger partial charge in [-0.15, -0.1) is 0 Å². The van der Waals surface area contributed by atoms with Crippen molar-refractivity contribution in [1.82, 2.24) is 0 Å². The van der Waals surface area contributed by atoms with Crippen LogP contribution in [-0.4, -0.2) is 0 Å². The quantitative estimate of drug-likeness (QED) is 0.323. The molecule has 0 amide bonds. The van der Waals surface area contributed by atoms with Crippen molar-refractivity contribution in [2.24, 2.45) is 0 Å². The number of hydrogen-bond acceptors (Lipinski definition) is 0.